The minimum atomic E-state index is -4.16. The van der Waals surface area contributed by atoms with Crippen molar-refractivity contribution in [3.05, 3.63) is 93.5 Å². The van der Waals surface area contributed by atoms with Crippen LogP contribution in [0.4, 0.5) is 5.69 Å². The smallest absolute Gasteiger partial charge is 0.264 e. The third-order valence-electron chi connectivity index (χ3n) is 6.43. The number of aryl methyl sites for hydroxylation is 2. The van der Waals surface area contributed by atoms with Crippen LogP contribution in [0.2, 0.25) is 10.0 Å². The van der Waals surface area contributed by atoms with Crippen LogP contribution in [0.15, 0.2) is 71.6 Å². The van der Waals surface area contributed by atoms with Crippen LogP contribution in [-0.4, -0.2) is 44.3 Å². The largest absolute Gasteiger partial charge is 0.354 e. The molecule has 0 heterocycles. The molecule has 3 aromatic rings. The van der Waals surface area contributed by atoms with Crippen molar-refractivity contribution in [2.24, 2.45) is 5.92 Å². The van der Waals surface area contributed by atoms with Crippen LogP contribution in [0.1, 0.15) is 37.5 Å². The molecule has 10 heteroatoms. The Balaban J connectivity index is 2.04. The number of carbonyl (C=O) groups excluding carboxylic acids is 2. The van der Waals surface area contributed by atoms with E-state index < -0.39 is 28.5 Å². The van der Waals surface area contributed by atoms with Gasteiger partial charge in [-0.1, -0.05) is 66.9 Å². The molecule has 7 nitrogen and oxygen atoms in total. The maximum Gasteiger partial charge on any atom is 0.264 e. The number of carbonyl (C=O) groups is 2. The van der Waals surface area contributed by atoms with E-state index in [1.165, 1.54) is 17.0 Å². The predicted octanol–water partition coefficient (Wildman–Crippen LogP) is 6.00. The first-order valence-corrected chi connectivity index (χ1v) is 15.2. The second kappa shape index (κ2) is 13.5. The number of nitrogens with one attached hydrogen (secondary N) is 1. The van der Waals surface area contributed by atoms with Crippen molar-refractivity contribution in [1.82, 2.24) is 10.2 Å². The topological polar surface area (TPSA) is 86.8 Å². The molecule has 3 rings (SSSR count). The molecule has 0 fully saturated rings. The maximum atomic E-state index is 14.0. The number of halogens is 2. The number of amides is 2. The fourth-order valence-corrected chi connectivity index (χ4v) is 5.90. The molecule has 0 unspecified atom stereocenters. The van der Waals surface area contributed by atoms with Crippen molar-refractivity contribution >= 4 is 50.7 Å². The summed E-state index contributed by atoms with van der Waals surface area (Å²) >= 11 is 12.2. The van der Waals surface area contributed by atoms with E-state index in [4.69, 9.17) is 23.2 Å². The molecular weight excluding hydrogens is 569 g/mol. The molecule has 1 atom stereocenters. The molecule has 3 aromatic carbocycles. The normalized spacial score (nSPS) is 12.2. The Bertz CT molecular complexity index is 1440. The lowest BCUT2D eigenvalue weighted by atomic mass is 10.1. The van der Waals surface area contributed by atoms with Gasteiger partial charge in [0, 0.05) is 23.1 Å². The standard InChI is InChI=1S/C30H35Cl2N3O4S/c1-20(2)17-33-30(37)23(5)34(18-24-8-10-25(31)11-9-24)29(36)19-35(28-15-12-26(32)16-22(28)4)40(38,39)27-13-6-21(3)7-14-27/h6-16,20,23H,17-19H2,1-5H3,(H,33,37)/t23-/m1/s1. The highest BCUT2D eigenvalue weighted by atomic mass is 35.5. The SMILES string of the molecule is Cc1ccc(S(=O)(=O)N(CC(=O)N(Cc2ccc(Cl)cc2)[C@H](C)C(=O)NCC(C)C)c2ccc(Cl)cc2C)cc1. The Labute approximate surface area is 247 Å². The minimum absolute atomic E-state index is 0.0484. The van der Waals surface area contributed by atoms with Crippen molar-refractivity contribution < 1.29 is 18.0 Å². The van der Waals surface area contributed by atoms with E-state index in [1.54, 1.807) is 68.4 Å². The summed E-state index contributed by atoms with van der Waals surface area (Å²) in [6, 6.07) is 17.3. The number of benzene rings is 3. The number of anilines is 1. The summed E-state index contributed by atoms with van der Waals surface area (Å²) in [5, 5.41) is 3.86. The average molecular weight is 605 g/mol. The zero-order chi connectivity index (χ0) is 29.6. The van der Waals surface area contributed by atoms with Crippen LogP contribution < -0.4 is 9.62 Å². The fraction of sp³-hybridized carbons (Fsp3) is 0.333. The van der Waals surface area contributed by atoms with Crippen molar-refractivity contribution in [1.29, 1.82) is 0 Å². The van der Waals surface area contributed by atoms with E-state index in [0.717, 1.165) is 15.4 Å². The second-order valence-corrected chi connectivity index (χ2v) is 13.0. The molecule has 2 amide bonds. The first-order chi connectivity index (χ1) is 18.8. The van der Waals surface area contributed by atoms with Gasteiger partial charge in [-0.3, -0.25) is 13.9 Å². The molecule has 40 heavy (non-hydrogen) atoms. The van der Waals surface area contributed by atoms with Crippen molar-refractivity contribution in [2.75, 3.05) is 17.4 Å². The summed E-state index contributed by atoms with van der Waals surface area (Å²) in [5.74, 6) is -0.640. The summed E-state index contributed by atoms with van der Waals surface area (Å²) in [6.45, 7) is 9.20. The predicted molar refractivity (Wildman–Crippen MR) is 161 cm³/mol. The average Bonchev–Trinajstić information content (AvgIpc) is 2.90. The summed E-state index contributed by atoms with van der Waals surface area (Å²) in [6.07, 6.45) is 0. The summed E-state index contributed by atoms with van der Waals surface area (Å²) in [7, 11) is -4.16. The molecule has 0 aliphatic heterocycles. The zero-order valence-corrected chi connectivity index (χ0v) is 25.6. The fourth-order valence-electron chi connectivity index (χ4n) is 4.07. The third kappa shape index (κ3) is 7.99. The van der Waals surface area contributed by atoms with E-state index in [0.29, 0.717) is 27.8 Å². The van der Waals surface area contributed by atoms with Crippen molar-refractivity contribution in [3.63, 3.8) is 0 Å². The van der Waals surface area contributed by atoms with Crippen LogP contribution in [0, 0.1) is 19.8 Å². The summed E-state index contributed by atoms with van der Waals surface area (Å²) in [5.41, 5.74) is 2.56. The van der Waals surface area contributed by atoms with E-state index in [9.17, 15) is 18.0 Å². The molecule has 214 valence electrons. The molecule has 0 aromatic heterocycles. The van der Waals surface area contributed by atoms with Gasteiger partial charge in [0.15, 0.2) is 0 Å². The number of hydrogen-bond acceptors (Lipinski definition) is 4. The molecule has 0 saturated carbocycles. The molecule has 0 bridgehead atoms. The number of rotatable bonds is 11. The van der Waals surface area contributed by atoms with Gasteiger partial charge in [-0.05, 0) is 80.3 Å². The molecule has 0 saturated heterocycles. The number of nitrogens with zero attached hydrogens (tertiary/aromatic N) is 2. The van der Waals surface area contributed by atoms with Gasteiger partial charge in [0.25, 0.3) is 10.0 Å². The lowest BCUT2D eigenvalue weighted by Crippen LogP contribution is -2.51. The molecule has 0 radical (unpaired) electrons. The molecule has 1 N–H and O–H groups in total. The number of hydrogen-bond donors (Lipinski definition) is 1. The van der Waals surface area contributed by atoms with Gasteiger partial charge in [-0.15, -0.1) is 0 Å². The van der Waals surface area contributed by atoms with Gasteiger partial charge in [0.1, 0.15) is 12.6 Å². The molecule has 0 aliphatic rings. The van der Waals surface area contributed by atoms with Crippen LogP contribution in [-0.2, 0) is 26.2 Å². The lowest BCUT2D eigenvalue weighted by molar-refractivity contribution is -0.139. The highest BCUT2D eigenvalue weighted by molar-refractivity contribution is 7.92. The van der Waals surface area contributed by atoms with E-state index in [2.05, 4.69) is 5.32 Å². The quantitative estimate of drug-likeness (QED) is 0.291. The summed E-state index contributed by atoms with van der Waals surface area (Å²) in [4.78, 5) is 28.5. The summed E-state index contributed by atoms with van der Waals surface area (Å²) < 4.78 is 29.0. The van der Waals surface area contributed by atoms with Gasteiger partial charge in [0.2, 0.25) is 11.8 Å². The Morgan fingerprint density at radius 1 is 0.875 bits per heavy atom. The monoisotopic (exact) mass is 603 g/mol. The second-order valence-electron chi connectivity index (χ2n) is 10.2. The Kier molecular flexibility index (Phi) is 10.6. The van der Waals surface area contributed by atoms with Gasteiger partial charge in [-0.25, -0.2) is 8.42 Å². The zero-order valence-electron chi connectivity index (χ0n) is 23.3. The highest BCUT2D eigenvalue weighted by Gasteiger charge is 2.33. The van der Waals surface area contributed by atoms with Crippen molar-refractivity contribution in [3.8, 4) is 0 Å². The van der Waals surface area contributed by atoms with Crippen LogP contribution in [0.25, 0.3) is 0 Å². The van der Waals surface area contributed by atoms with Crippen molar-refractivity contribution in [2.45, 2.75) is 52.1 Å². The Morgan fingerprint density at radius 2 is 1.48 bits per heavy atom. The molecule has 0 aliphatic carbocycles. The molecule has 0 spiro atoms. The van der Waals surface area contributed by atoms with Gasteiger partial charge in [-0.2, -0.15) is 0 Å². The van der Waals surface area contributed by atoms with E-state index >= 15 is 0 Å². The lowest BCUT2D eigenvalue weighted by Gasteiger charge is -2.32. The van der Waals surface area contributed by atoms with Crippen LogP contribution >= 0.6 is 23.2 Å². The number of sulfonamides is 1. The van der Waals surface area contributed by atoms with E-state index in [1.807, 2.05) is 20.8 Å². The van der Waals surface area contributed by atoms with Gasteiger partial charge >= 0.3 is 0 Å². The highest BCUT2D eigenvalue weighted by Crippen LogP contribution is 2.29. The van der Waals surface area contributed by atoms with E-state index in [-0.39, 0.29) is 23.3 Å². The third-order valence-corrected chi connectivity index (χ3v) is 8.69. The van der Waals surface area contributed by atoms with Crippen LogP contribution in [0.3, 0.4) is 0 Å². The van der Waals surface area contributed by atoms with Gasteiger partial charge in [0.05, 0.1) is 10.6 Å². The maximum absolute atomic E-state index is 14.0. The Hall–Kier alpha value is -3.07. The first-order valence-electron chi connectivity index (χ1n) is 13.0. The van der Waals surface area contributed by atoms with Gasteiger partial charge < -0.3 is 10.2 Å². The van der Waals surface area contributed by atoms with Crippen LogP contribution in [0.5, 0.6) is 0 Å². The minimum Gasteiger partial charge on any atom is -0.354 e. The Morgan fingerprint density at radius 3 is 2.05 bits per heavy atom. The molecular formula is C30H35Cl2N3O4S. The first kappa shape index (κ1) is 31.5.